The highest BCUT2D eigenvalue weighted by Crippen LogP contribution is 2.43. The van der Waals surface area contributed by atoms with Crippen molar-refractivity contribution in [1.82, 2.24) is 0 Å². The van der Waals surface area contributed by atoms with Gasteiger partial charge in [0.2, 0.25) is 0 Å². The molecule has 4 nitrogen and oxygen atoms in total. The third kappa shape index (κ3) is 1.16. The van der Waals surface area contributed by atoms with Crippen molar-refractivity contribution < 1.29 is 18.9 Å². The first-order chi connectivity index (χ1) is 6.65. The predicted octanol–water partition coefficient (Wildman–Crippen LogP) is -0.837. The first-order valence-corrected chi connectivity index (χ1v) is 5.00. The molecule has 1 unspecified atom stereocenters. The molecule has 0 amide bonds. The van der Waals surface area contributed by atoms with Gasteiger partial charge in [0.25, 0.3) is 0 Å². The highest BCUT2D eigenvalue weighted by atomic mass is 16.7. The largest absolute Gasteiger partial charge is 0.379 e. The van der Waals surface area contributed by atoms with Crippen LogP contribution in [0.5, 0.6) is 0 Å². The number of hydrogen-bond acceptors (Lipinski definition) is 4. The molecule has 2 aliphatic heterocycles. The van der Waals surface area contributed by atoms with Gasteiger partial charge < -0.3 is 18.9 Å². The first-order valence-electron chi connectivity index (χ1n) is 5.00. The van der Waals surface area contributed by atoms with E-state index in [0.717, 1.165) is 0 Å². The minimum absolute atomic E-state index is 0.00699. The third-order valence-corrected chi connectivity index (χ3v) is 3.44. The molecule has 0 aromatic heterocycles. The molecule has 0 aliphatic carbocycles. The maximum atomic E-state index is 5.93. The molecule has 2 rings (SSSR count). The Hall–Kier alpha value is -0.0951. The molecule has 80 valence electrons. The summed E-state index contributed by atoms with van der Waals surface area (Å²) in [5.74, 6) is 0. The summed E-state index contributed by atoms with van der Waals surface area (Å²) in [6, 6.07) is 0.0892. The summed E-state index contributed by atoms with van der Waals surface area (Å²) < 4.78 is 22.4. The third-order valence-electron chi connectivity index (χ3n) is 3.44. The van der Waals surface area contributed by atoms with Crippen molar-refractivity contribution in [2.75, 3.05) is 20.8 Å². The molecule has 2 heterocycles. The minimum Gasteiger partial charge on any atom is -0.379 e. The zero-order valence-electron chi connectivity index (χ0n) is 9.15. The van der Waals surface area contributed by atoms with E-state index in [9.17, 15) is 0 Å². The van der Waals surface area contributed by atoms with Gasteiger partial charge in [-0.15, -0.1) is 0 Å². The lowest BCUT2D eigenvalue weighted by atomic mass is 9.89. The van der Waals surface area contributed by atoms with Crippen LogP contribution in [0.1, 0.15) is 6.92 Å². The molecular weight excluding hydrogens is 183 g/mol. The SMILES string of the molecule is B[C@@H]1O[C@@]2([C@H](C)OC)CO[C@H]1C2OC. The van der Waals surface area contributed by atoms with Crippen LogP contribution in [-0.2, 0) is 18.9 Å². The van der Waals surface area contributed by atoms with Gasteiger partial charge in [-0.25, -0.2) is 0 Å². The zero-order chi connectivity index (χ0) is 10.3. The van der Waals surface area contributed by atoms with E-state index in [1.54, 1.807) is 14.2 Å². The summed E-state index contributed by atoms with van der Waals surface area (Å²) in [5, 5.41) is 0. The summed E-state index contributed by atoms with van der Waals surface area (Å²) in [6.45, 7) is 2.56. The zero-order valence-corrected chi connectivity index (χ0v) is 9.15. The maximum absolute atomic E-state index is 5.93. The van der Waals surface area contributed by atoms with Crippen molar-refractivity contribution in [1.29, 1.82) is 0 Å². The van der Waals surface area contributed by atoms with E-state index in [0.29, 0.717) is 6.61 Å². The second-order valence-corrected chi connectivity index (χ2v) is 4.09. The van der Waals surface area contributed by atoms with Gasteiger partial charge in [0.05, 0.1) is 18.7 Å². The summed E-state index contributed by atoms with van der Waals surface area (Å²) in [4.78, 5) is 0. The molecule has 2 fully saturated rings. The normalized spacial score (nSPS) is 48.4. The maximum Gasteiger partial charge on any atom is 0.145 e. The summed E-state index contributed by atoms with van der Waals surface area (Å²) in [6.07, 6.45) is 0.0347. The molecule has 2 bridgehead atoms. The van der Waals surface area contributed by atoms with Crippen molar-refractivity contribution >= 4 is 7.85 Å². The smallest absolute Gasteiger partial charge is 0.145 e. The lowest BCUT2D eigenvalue weighted by Crippen LogP contribution is -2.51. The molecule has 0 aromatic rings. The van der Waals surface area contributed by atoms with Crippen LogP contribution in [0.25, 0.3) is 0 Å². The van der Waals surface area contributed by atoms with Gasteiger partial charge >= 0.3 is 0 Å². The molecule has 5 atom stereocenters. The molecule has 14 heavy (non-hydrogen) atoms. The summed E-state index contributed by atoms with van der Waals surface area (Å²) in [5.41, 5.74) is -0.409. The first kappa shape index (κ1) is 10.4. The van der Waals surface area contributed by atoms with Gasteiger partial charge in [0.15, 0.2) is 0 Å². The molecule has 0 radical (unpaired) electrons. The Bertz CT molecular complexity index is 225. The highest BCUT2D eigenvalue weighted by Gasteiger charge is 2.63. The van der Waals surface area contributed by atoms with Crippen molar-refractivity contribution in [2.45, 2.75) is 36.8 Å². The van der Waals surface area contributed by atoms with Gasteiger partial charge in [-0.05, 0) is 6.92 Å². The number of fused-ring (bicyclic) bond motifs is 2. The Morgan fingerprint density at radius 1 is 1.50 bits per heavy atom. The standard InChI is InChI=1S/C9H17BO4/c1-5(11-2)9-4-13-6(7(9)12-3)8(10)14-9/h5-8H,4,10H2,1-3H3/t5-,6-,7?,8+,9+/m0/s1. The fraction of sp³-hybridized carbons (Fsp3) is 1.00. The Morgan fingerprint density at radius 3 is 2.71 bits per heavy atom. The Balaban J connectivity index is 2.24. The monoisotopic (exact) mass is 200 g/mol. The van der Waals surface area contributed by atoms with E-state index in [2.05, 4.69) is 0 Å². The van der Waals surface area contributed by atoms with Crippen LogP contribution < -0.4 is 0 Å². The second kappa shape index (κ2) is 3.49. The van der Waals surface area contributed by atoms with E-state index in [1.807, 2.05) is 14.8 Å². The van der Waals surface area contributed by atoms with Crippen LogP contribution in [0.2, 0.25) is 0 Å². The lowest BCUT2D eigenvalue weighted by Gasteiger charge is -2.34. The fourth-order valence-corrected chi connectivity index (χ4v) is 2.55. The quantitative estimate of drug-likeness (QED) is 0.557. The molecular formula is C9H17BO4. The topological polar surface area (TPSA) is 36.9 Å². The van der Waals surface area contributed by atoms with Gasteiger partial charge in [-0.3, -0.25) is 0 Å². The second-order valence-electron chi connectivity index (χ2n) is 4.09. The van der Waals surface area contributed by atoms with Crippen molar-refractivity contribution in [2.24, 2.45) is 0 Å². The number of hydrogen-bond donors (Lipinski definition) is 0. The van der Waals surface area contributed by atoms with Gasteiger partial charge in [0.1, 0.15) is 25.7 Å². The van der Waals surface area contributed by atoms with Crippen LogP contribution in [0, 0.1) is 0 Å². The molecule has 0 spiro atoms. The van der Waals surface area contributed by atoms with Crippen LogP contribution in [0.4, 0.5) is 0 Å². The van der Waals surface area contributed by atoms with Crippen molar-refractivity contribution in [3.63, 3.8) is 0 Å². The van der Waals surface area contributed by atoms with Crippen LogP contribution in [-0.4, -0.2) is 58.6 Å². The fourth-order valence-electron chi connectivity index (χ4n) is 2.55. The Labute approximate surface area is 85.3 Å². The molecule has 0 saturated carbocycles. The minimum atomic E-state index is -0.409. The van der Waals surface area contributed by atoms with E-state index in [1.165, 1.54) is 0 Å². The number of rotatable bonds is 3. The van der Waals surface area contributed by atoms with Crippen molar-refractivity contribution in [3.8, 4) is 0 Å². The van der Waals surface area contributed by atoms with Gasteiger partial charge in [-0.1, -0.05) is 0 Å². The van der Waals surface area contributed by atoms with Crippen molar-refractivity contribution in [3.05, 3.63) is 0 Å². The number of methoxy groups -OCH3 is 2. The average Bonchev–Trinajstić information content (AvgIpc) is 2.68. The lowest BCUT2D eigenvalue weighted by molar-refractivity contribution is -0.173. The summed E-state index contributed by atoms with van der Waals surface area (Å²) in [7, 11) is 5.40. The van der Waals surface area contributed by atoms with E-state index in [-0.39, 0.29) is 24.3 Å². The van der Waals surface area contributed by atoms with Crippen LogP contribution in [0.3, 0.4) is 0 Å². The predicted molar refractivity (Wildman–Crippen MR) is 53.2 cm³/mol. The van der Waals surface area contributed by atoms with E-state index in [4.69, 9.17) is 18.9 Å². The van der Waals surface area contributed by atoms with Gasteiger partial charge in [0, 0.05) is 14.2 Å². The van der Waals surface area contributed by atoms with Crippen LogP contribution in [0.15, 0.2) is 0 Å². The average molecular weight is 200 g/mol. The Kier molecular flexibility index (Phi) is 2.60. The molecule has 0 N–H and O–H groups in total. The van der Waals surface area contributed by atoms with Crippen LogP contribution >= 0.6 is 0 Å². The highest BCUT2D eigenvalue weighted by molar-refractivity contribution is 6.11. The van der Waals surface area contributed by atoms with Gasteiger partial charge in [-0.2, -0.15) is 0 Å². The van der Waals surface area contributed by atoms with E-state index < -0.39 is 5.60 Å². The van der Waals surface area contributed by atoms with E-state index >= 15 is 0 Å². The number of ether oxygens (including phenoxy) is 4. The molecule has 0 aromatic carbocycles. The molecule has 2 saturated heterocycles. The Morgan fingerprint density at radius 2 is 2.21 bits per heavy atom. The molecule has 2 aliphatic rings. The summed E-state index contributed by atoms with van der Waals surface area (Å²) >= 11 is 0. The molecule has 5 heteroatoms.